The van der Waals surface area contributed by atoms with Gasteiger partial charge in [0.15, 0.2) is 0 Å². The molecular weight excluding hydrogens is 431 g/mol. The summed E-state index contributed by atoms with van der Waals surface area (Å²) in [5.41, 5.74) is 3.35. The molecule has 0 aliphatic heterocycles. The normalized spacial score (nSPS) is 12.5. The van der Waals surface area contributed by atoms with Crippen molar-refractivity contribution in [2.45, 2.75) is 6.92 Å². The van der Waals surface area contributed by atoms with Gasteiger partial charge in [0.05, 0.1) is 33.2 Å². The second kappa shape index (κ2) is 8.41. The SMILES string of the molecule is CC(=Nn1c(-c2ccc(Cl)cc2Cl)csc1=Nc1cccnc1)c1cccs1. The van der Waals surface area contributed by atoms with E-state index < -0.39 is 0 Å². The molecule has 4 aromatic rings. The van der Waals surface area contributed by atoms with Gasteiger partial charge < -0.3 is 0 Å². The minimum absolute atomic E-state index is 0.566. The summed E-state index contributed by atoms with van der Waals surface area (Å²) in [4.78, 5) is 10.7. The van der Waals surface area contributed by atoms with Gasteiger partial charge >= 0.3 is 0 Å². The molecule has 3 heterocycles. The van der Waals surface area contributed by atoms with Crippen molar-refractivity contribution in [2.75, 3.05) is 0 Å². The average Bonchev–Trinajstić information content (AvgIpc) is 3.34. The van der Waals surface area contributed by atoms with E-state index in [0.717, 1.165) is 32.3 Å². The molecule has 140 valence electrons. The fourth-order valence-corrected chi connectivity index (χ4v) is 4.59. The zero-order valence-corrected chi connectivity index (χ0v) is 17.9. The molecule has 1 aromatic carbocycles. The fourth-order valence-electron chi connectivity index (χ4n) is 2.57. The summed E-state index contributed by atoms with van der Waals surface area (Å²) in [7, 11) is 0. The Balaban J connectivity index is 1.92. The lowest BCUT2D eigenvalue weighted by atomic mass is 10.2. The van der Waals surface area contributed by atoms with Gasteiger partial charge in [-0.1, -0.05) is 29.3 Å². The molecule has 4 nitrogen and oxygen atoms in total. The lowest BCUT2D eigenvalue weighted by Crippen LogP contribution is -2.13. The molecule has 4 rings (SSSR count). The lowest BCUT2D eigenvalue weighted by molar-refractivity contribution is 0.848. The molecule has 0 radical (unpaired) electrons. The van der Waals surface area contributed by atoms with E-state index in [1.807, 2.05) is 58.8 Å². The summed E-state index contributed by atoms with van der Waals surface area (Å²) < 4.78 is 1.82. The summed E-state index contributed by atoms with van der Waals surface area (Å²) in [6.45, 7) is 1.98. The maximum absolute atomic E-state index is 6.46. The summed E-state index contributed by atoms with van der Waals surface area (Å²) in [5.74, 6) is 0. The van der Waals surface area contributed by atoms with Crippen LogP contribution in [-0.4, -0.2) is 15.4 Å². The molecule has 0 bridgehead atoms. The van der Waals surface area contributed by atoms with E-state index in [0.29, 0.717) is 10.0 Å². The molecule has 28 heavy (non-hydrogen) atoms. The first kappa shape index (κ1) is 19.1. The van der Waals surface area contributed by atoms with E-state index in [2.05, 4.69) is 4.98 Å². The Kier molecular flexibility index (Phi) is 5.73. The van der Waals surface area contributed by atoms with Gasteiger partial charge in [0.1, 0.15) is 0 Å². The molecule has 3 aromatic heterocycles. The highest BCUT2D eigenvalue weighted by Gasteiger charge is 2.13. The van der Waals surface area contributed by atoms with Crippen molar-refractivity contribution in [1.29, 1.82) is 0 Å². The minimum atomic E-state index is 0.566. The van der Waals surface area contributed by atoms with Crippen LogP contribution in [0.2, 0.25) is 10.0 Å². The number of nitrogens with zero attached hydrogens (tertiary/aromatic N) is 4. The van der Waals surface area contributed by atoms with Crippen LogP contribution in [0.3, 0.4) is 0 Å². The monoisotopic (exact) mass is 444 g/mol. The molecule has 0 fully saturated rings. The first-order valence-electron chi connectivity index (χ1n) is 8.32. The average molecular weight is 445 g/mol. The molecule has 0 saturated carbocycles. The largest absolute Gasteiger partial charge is 0.262 e. The van der Waals surface area contributed by atoms with Crippen LogP contribution < -0.4 is 4.80 Å². The maximum atomic E-state index is 6.46. The van der Waals surface area contributed by atoms with Crippen molar-refractivity contribution < 1.29 is 0 Å². The molecule has 0 aliphatic carbocycles. The van der Waals surface area contributed by atoms with Crippen LogP contribution in [-0.2, 0) is 0 Å². The number of halogens is 2. The topological polar surface area (TPSA) is 42.5 Å². The smallest absolute Gasteiger partial charge is 0.211 e. The number of aromatic nitrogens is 2. The molecule has 0 N–H and O–H groups in total. The van der Waals surface area contributed by atoms with E-state index in [1.165, 1.54) is 11.3 Å². The zero-order chi connectivity index (χ0) is 19.5. The van der Waals surface area contributed by atoms with Crippen LogP contribution in [0, 0.1) is 0 Å². The molecule has 0 amide bonds. The van der Waals surface area contributed by atoms with Crippen LogP contribution in [0.4, 0.5) is 5.69 Å². The second-order valence-corrected chi connectivity index (χ2v) is 8.45. The first-order valence-corrected chi connectivity index (χ1v) is 10.8. The van der Waals surface area contributed by atoms with Gasteiger partial charge in [-0.05, 0) is 48.7 Å². The van der Waals surface area contributed by atoms with Crippen LogP contribution in [0.1, 0.15) is 11.8 Å². The predicted molar refractivity (Wildman–Crippen MR) is 119 cm³/mol. The Hall–Kier alpha value is -2.25. The zero-order valence-electron chi connectivity index (χ0n) is 14.7. The molecule has 0 atom stereocenters. The van der Waals surface area contributed by atoms with Crippen molar-refractivity contribution >= 4 is 57.3 Å². The van der Waals surface area contributed by atoms with E-state index in [9.17, 15) is 0 Å². The van der Waals surface area contributed by atoms with Gasteiger partial charge in [0, 0.05) is 22.2 Å². The highest BCUT2D eigenvalue weighted by Crippen LogP contribution is 2.31. The third-order valence-electron chi connectivity index (χ3n) is 3.89. The highest BCUT2D eigenvalue weighted by molar-refractivity contribution is 7.12. The quantitative estimate of drug-likeness (QED) is 0.331. The van der Waals surface area contributed by atoms with E-state index in [4.69, 9.17) is 33.3 Å². The molecular formula is C20H14Cl2N4S2. The van der Waals surface area contributed by atoms with Gasteiger partial charge in [-0.25, -0.2) is 9.67 Å². The molecule has 0 spiro atoms. The third kappa shape index (κ3) is 4.10. The van der Waals surface area contributed by atoms with Gasteiger partial charge in [-0.3, -0.25) is 4.98 Å². The summed E-state index contributed by atoms with van der Waals surface area (Å²) in [5, 5.41) is 10.0. The van der Waals surface area contributed by atoms with Gasteiger partial charge in [-0.2, -0.15) is 5.10 Å². The summed E-state index contributed by atoms with van der Waals surface area (Å²) >= 11 is 15.7. The fraction of sp³-hybridized carbons (Fsp3) is 0.0500. The Bertz CT molecular complexity index is 1190. The molecule has 0 saturated heterocycles. The summed E-state index contributed by atoms with van der Waals surface area (Å²) in [6, 6.07) is 13.3. The first-order chi connectivity index (χ1) is 13.6. The van der Waals surface area contributed by atoms with Gasteiger partial charge in [0.25, 0.3) is 0 Å². The van der Waals surface area contributed by atoms with Crippen LogP contribution in [0.25, 0.3) is 11.3 Å². The lowest BCUT2D eigenvalue weighted by Gasteiger charge is -2.07. The Morgan fingerprint density at radius 2 is 2.00 bits per heavy atom. The van der Waals surface area contributed by atoms with Crippen molar-refractivity contribution in [2.24, 2.45) is 10.1 Å². The number of thiophene rings is 1. The van der Waals surface area contributed by atoms with Crippen molar-refractivity contribution in [3.63, 3.8) is 0 Å². The van der Waals surface area contributed by atoms with Gasteiger partial charge in [0.2, 0.25) is 4.80 Å². The van der Waals surface area contributed by atoms with Crippen LogP contribution in [0.15, 0.2) is 75.7 Å². The van der Waals surface area contributed by atoms with E-state index >= 15 is 0 Å². The Morgan fingerprint density at radius 1 is 1.11 bits per heavy atom. The van der Waals surface area contributed by atoms with Crippen molar-refractivity contribution in [3.8, 4) is 11.3 Å². The number of hydrogen-bond acceptors (Lipinski definition) is 5. The molecule has 8 heteroatoms. The van der Waals surface area contributed by atoms with E-state index in [-0.39, 0.29) is 0 Å². The second-order valence-electron chi connectivity index (χ2n) is 5.83. The maximum Gasteiger partial charge on any atom is 0.211 e. The molecule has 0 unspecified atom stereocenters. The third-order valence-corrected chi connectivity index (χ3v) is 6.23. The minimum Gasteiger partial charge on any atom is -0.262 e. The van der Waals surface area contributed by atoms with Gasteiger partial charge in [-0.15, -0.1) is 22.7 Å². The Labute approximate surface area is 180 Å². The number of benzene rings is 1. The predicted octanol–water partition coefficient (Wildman–Crippen LogP) is 6.48. The molecule has 0 aliphatic rings. The number of pyridine rings is 1. The number of thiazole rings is 1. The summed E-state index contributed by atoms with van der Waals surface area (Å²) in [6.07, 6.45) is 3.44. The van der Waals surface area contributed by atoms with Crippen molar-refractivity contribution in [1.82, 2.24) is 9.66 Å². The van der Waals surface area contributed by atoms with Crippen LogP contribution >= 0.6 is 45.9 Å². The van der Waals surface area contributed by atoms with E-state index in [1.54, 1.807) is 29.8 Å². The standard InChI is InChI=1S/C20H14Cl2N4S2/c1-13(19-5-3-9-27-19)25-26-18(16-7-6-14(21)10-17(16)22)12-28-20(26)24-15-4-2-8-23-11-15/h2-12H,1H3. The highest BCUT2D eigenvalue weighted by atomic mass is 35.5. The number of rotatable bonds is 4. The van der Waals surface area contributed by atoms with Crippen LogP contribution in [0.5, 0.6) is 0 Å². The Morgan fingerprint density at radius 3 is 2.71 bits per heavy atom. The van der Waals surface area contributed by atoms with Crippen molar-refractivity contribution in [3.05, 3.63) is 85.3 Å². The number of hydrogen-bond donors (Lipinski definition) is 0.